The highest BCUT2D eigenvalue weighted by Crippen LogP contribution is 2.29. The predicted molar refractivity (Wildman–Crippen MR) is 110 cm³/mol. The number of ether oxygens (including phenoxy) is 2. The molecule has 0 aliphatic rings. The number of nitro groups is 1. The van der Waals surface area contributed by atoms with Gasteiger partial charge in [-0.25, -0.2) is 0 Å². The minimum atomic E-state index is -1.12. The second kappa shape index (κ2) is 9.92. The van der Waals surface area contributed by atoms with E-state index in [-0.39, 0.29) is 17.1 Å². The molecule has 0 radical (unpaired) electrons. The van der Waals surface area contributed by atoms with E-state index in [1.54, 1.807) is 6.92 Å². The SMILES string of the molecule is COc1ccc(NC(=O)[C@H](C)OC(=O)[C@H](C)Sc2ccc(C)cc2)c([N+](=O)[O-])c1. The van der Waals surface area contributed by atoms with Crippen molar-refractivity contribution in [3.8, 4) is 5.75 Å². The smallest absolute Gasteiger partial charge is 0.319 e. The average Bonchev–Trinajstić information content (AvgIpc) is 2.69. The summed E-state index contributed by atoms with van der Waals surface area (Å²) in [5, 5.41) is 13.1. The van der Waals surface area contributed by atoms with Gasteiger partial charge in [-0.1, -0.05) is 17.7 Å². The fraction of sp³-hybridized carbons (Fsp3) is 0.300. The van der Waals surface area contributed by atoms with Crippen LogP contribution in [0.2, 0.25) is 0 Å². The van der Waals surface area contributed by atoms with Gasteiger partial charge in [0.1, 0.15) is 16.7 Å². The molecule has 0 saturated carbocycles. The van der Waals surface area contributed by atoms with E-state index < -0.39 is 28.2 Å². The van der Waals surface area contributed by atoms with Crippen molar-refractivity contribution in [1.29, 1.82) is 0 Å². The molecule has 29 heavy (non-hydrogen) atoms. The molecule has 2 rings (SSSR count). The molecule has 2 atom stereocenters. The number of thioether (sulfide) groups is 1. The summed E-state index contributed by atoms with van der Waals surface area (Å²) in [6, 6.07) is 11.7. The average molecular weight is 418 g/mol. The molecule has 0 aliphatic heterocycles. The molecule has 9 heteroatoms. The summed E-state index contributed by atoms with van der Waals surface area (Å²) in [6.07, 6.45) is -1.12. The fourth-order valence-corrected chi connectivity index (χ4v) is 3.18. The largest absolute Gasteiger partial charge is 0.496 e. The van der Waals surface area contributed by atoms with Gasteiger partial charge in [-0.15, -0.1) is 11.8 Å². The van der Waals surface area contributed by atoms with Crippen molar-refractivity contribution >= 4 is 35.0 Å². The number of aryl methyl sites for hydroxylation is 1. The van der Waals surface area contributed by atoms with E-state index in [1.165, 1.54) is 44.0 Å². The summed E-state index contributed by atoms with van der Waals surface area (Å²) < 4.78 is 10.2. The Morgan fingerprint density at radius 2 is 1.79 bits per heavy atom. The molecule has 2 aromatic rings. The molecule has 0 bridgehead atoms. The number of carbonyl (C=O) groups is 2. The van der Waals surface area contributed by atoms with Crippen molar-refractivity contribution in [2.75, 3.05) is 12.4 Å². The summed E-state index contributed by atoms with van der Waals surface area (Å²) in [7, 11) is 1.38. The summed E-state index contributed by atoms with van der Waals surface area (Å²) in [5.41, 5.74) is 0.785. The summed E-state index contributed by atoms with van der Waals surface area (Å²) in [6.45, 7) is 5.07. The third kappa shape index (κ3) is 6.21. The molecular formula is C20H22N2O6S. The highest BCUT2D eigenvalue weighted by molar-refractivity contribution is 8.00. The number of nitrogens with zero attached hydrogens (tertiary/aromatic N) is 1. The van der Waals surface area contributed by atoms with Crippen LogP contribution in [0.4, 0.5) is 11.4 Å². The maximum atomic E-state index is 12.3. The van der Waals surface area contributed by atoms with Crippen LogP contribution in [0.3, 0.4) is 0 Å². The standard InChI is InChI=1S/C20H22N2O6S/c1-12-5-8-16(9-6-12)29-14(3)20(24)28-13(2)19(23)21-17-10-7-15(27-4)11-18(17)22(25)26/h5-11,13-14H,1-4H3,(H,21,23)/t13-,14-/m0/s1. The molecule has 0 spiro atoms. The van der Waals surface area contributed by atoms with Crippen molar-refractivity contribution < 1.29 is 24.0 Å². The maximum absolute atomic E-state index is 12.3. The molecule has 1 N–H and O–H groups in total. The second-order valence-corrected chi connectivity index (χ2v) is 7.70. The first-order valence-corrected chi connectivity index (χ1v) is 9.66. The summed E-state index contributed by atoms with van der Waals surface area (Å²) >= 11 is 1.32. The Labute approximate surface area is 172 Å². The molecule has 0 saturated heterocycles. The quantitative estimate of drug-likeness (QED) is 0.299. The first-order valence-electron chi connectivity index (χ1n) is 8.78. The lowest BCUT2D eigenvalue weighted by atomic mass is 10.2. The topological polar surface area (TPSA) is 108 Å². The molecule has 1 amide bonds. The number of anilines is 1. The zero-order valence-corrected chi connectivity index (χ0v) is 17.3. The van der Waals surface area contributed by atoms with Crippen molar-refractivity contribution in [2.24, 2.45) is 0 Å². The minimum Gasteiger partial charge on any atom is -0.496 e. The van der Waals surface area contributed by atoms with Gasteiger partial charge in [0.2, 0.25) is 0 Å². The second-order valence-electron chi connectivity index (χ2n) is 6.28. The van der Waals surface area contributed by atoms with Gasteiger partial charge in [0.15, 0.2) is 6.10 Å². The number of methoxy groups -OCH3 is 1. The molecule has 0 fully saturated rings. The number of nitrogens with one attached hydrogen (secondary N) is 1. The molecule has 0 heterocycles. The van der Waals surface area contributed by atoms with Crippen LogP contribution in [-0.2, 0) is 14.3 Å². The third-order valence-corrected chi connectivity index (χ3v) is 5.08. The highest BCUT2D eigenvalue weighted by Gasteiger charge is 2.25. The number of esters is 1. The van der Waals surface area contributed by atoms with Crippen LogP contribution in [-0.4, -0.2) is 35.3 Å². The lowest BCUT2D eigenvalue weighted by molar-refractivity contribution is -0.384. The Hall–Kier alpha value is -3.07. The van der Waals surface area contributed by atoms with Gasteiger partial charge in [0, 0.05) is 4.90 Å². The Balaban J connectivity index is 1.98. The first kappa shape index (κ1) is 22.2. The third-order valence-electron chi connectivity index (χ3n) is 3.99. The van der Waals surface area contributed by atoms with Gasteiger partial charge in [0.25, 0.3) is 11.6 Å². The number of rotatable bonds is 8. The van der Waals surface area contributed by atoms with E-state index >= 15 is 0 Å². The number of carbonyl (C=O) groups excluding carboxylic acids is 2. The van der Waals surface area contributed by atoms with Crippen molar-refractivity contribution in [3.63, 3.8) is 0 Å². The summed E-state index contributed by atoms with van der Waals surface area (Å²) in [4.78, 5) is 36.1. The van der Waals surface area contributed by atoms with Gasteiger partial charge in [0.05, 0.1) is 18.1 Å². The minimum absolute atomic E-state index is 0.00854. The first-order chi connectivity index (χ1) is 13.7. The van der Waals surface area contributed by atoms with Crippen LogP contribution in [0, 0.1) is 17.0 Å². The molecule has 154 valence electrons. The molecule has 2 aromatic carbocycles. The summed E-state index contributed by atoms with van der Waals surface area (Å²) in [5.74, 6) is -0.933. The van der Waals surface area contributed by atoms with Crippen LogP contribution in [0.15, 0.2) is 47.4 Å². The van der Waals surface area contributed by atoms with Crippen LogP contribution in [0.5, 0.6) is 5.75 Å². The zero-order chi connectivity index (χ0) is 21.6. The molecular weight excluding hydrogens is 396 g/mol. The van der Waals surface area contributed by atoms with E-state index in [4.69, 9.17) is 9.47 Å². The van der Waals surface area contributed by atoms with Crippen LogP contribution in [0.25, 0.3) is 0 Å². The van der Waals surface area contributed by atoms with E-state index in [0.29, 0.717) is 0 Å². The fourth-order valence-electron chi connectivity index (χ4n) is 2.32. The zero-order valence-electron chi connectivity index (χ0n) is 16.5. The van der Waals surface area contributed by atoms with Crippen LogP contribution < -0.4 is 10.1 Å². The van der Waals surface area contributed by atoms with Crippen molar-refractivity contribution in [1.82, 2.24) is 0 Å². The van der Waals surface area contributed by atoms with E-state index in [0.717, 1.165) is 10.5 Å². The Morgan fingerprint density at radius 3 is 2.38 bits per heavy atom. The van der Waals surface area contributed by atoms with E-state index in [9.17, 15) is 19.7 Å². The number of amides is 1. The van der Waals surface area contributed by atoms with Crippen LogP contribution >= 0.6 is 11.8 Å². The van der Waals surface area contributed by atoms with Crippen molar-refractivity contribution in [3.05, 3.63) is 58.1 Å². The lowest BCUT2D eigenvalue weighted by Gasteiger charge is -2.16. The molecule has 0 unspecified atom stereocenters. The van der Waals surface area contributed by atoms with Gasteiger partial charge >= 0.3 is 5.97 Å². The monoisotopic (exact) mass is 418 g/mol. The van der Waals surface area contributed by atoms with E-state index in [1.807, 2.05) is 31.2 Å². The lowest BCUT2D eigenvalue weighted by Crippen LogP contribution is -2.32. The number of nitro benzene ring substituents is 1. The Kier molecular flexibility index (Phi) is 7.60. The molecule has 0 aromatic heterocycles. The maximum Gasteiger partial charge on any atom is 0.319 e. The van der Waals surface area contributed by atoms with Crippen molar-refractivity contribution in [2.45, 2.75) is 37.0 Å². The molecule has 8 nitrogen and oxygen atoms in total. The van der Waals surface area contributed by atoms with Gasteiger partial charge in [-0.05, 0) is 45.0 Å². The number of benzene rings is 2. The molecule has 0 aliphatic carbocycles. The van der Waals surface area contributed by atoms with Gasteiger partial charge in [-0.3, -0.25) is 19.7 Å². The van der Waals surface area contributed by atoms with Gasteiger partial charge < -0.3 is 14.8 Å². The highest BCUT2D eigenvalue weighted by atomic mass is 32.2. The van der Waals surface area contributed by atoms with Gasteiger partial charge in [-0.2, -0.15) is 0 Å². The van der Waals surface area contributed by atoms with Crippen LogP contribution in [0.1, 0.15) is 19.4 Å². The van der Waals surface area contributed by atoms with E-state index in [2.05, 4.69) is 5.32 Å². The Morgan fingerprint density at radius 1 is 1.14 bits per heavy atom. The normalized spacial score (nSPS) is 12.6. The predicted octanol–water partition coefficient (Wildman–Crippen LogP) is 3.96. The number of hydrogen-bond acceptors (Lipinski definition) is 7. The number of hydrogen-bond donors (Lipinski definition) is 1. The Bertz CT molecular complexity index is 900.